The van der Waals surface area contributed by atoms with Gasteiger partial charge in [-0.2, -0.15) is 5.10 Å². The third-order valence-corrected chi connectivity index (χ3v) is 6.25. The smallest absolute Gasteiger partial charge is 0.290 e. The van der Waals surface area contributed by atoms with E-state index in [0.717, 1.165) is 61.9 Å². The van der Waals surface area contributed by atoms with Gasteiger partial charge in [-0.05, 0) is 62.9 Å². The van der Waals surface area contributed by atoms with Gasteiger partial charge >= 0.3 is 0 Å². The number of rotatable bonds is 4. The Kier molecular flexibility index (Phi) is 5.72. The minimum Gasteiger partial charge on any atom is -0.483 e. The zero-order valence-electron chi connectivity index (χ0n) is 17.0. The molecule has 6 rings (SSSR count). The molecule has 2 aromatic rings. The summed E-state index contributed by atoms with van der Waals surface area (Å²) in [5, 5.41) is 18.3. The van der Waals surface area contributed by atoms with Crippen molar-refractivity contribution in [3.8, 4) is 0 Å². The normalized spacial score (nSPS) is 24.6. The van der Waals surface area contributed by atoms with E-state index in [1.54, 1.807) is 4.68 Å². The first-order chi connectivity index (χ1) is 14.5. The Balaban J connectivity index is 0.000000687. The van der Waals surface area contributed by atoms with Crippen molar-refractivity contribution >= 4 is 34.9 Å². The van der Waals surface area contributed by atoms with E-state index in [0.29, 0.717) is 11.6 Å². The molecule has 4 aliphatic rings. The standard InChI is InChI=1S/C20H25N5O2.CH2O2/c1-24-17-10-14(21-19(26)13-2-3-13)4-5-15(17)18(23-24)20(27)22-16-11-25-8-6-12(16)7-9-25;2-1-3/h4-5,10,12-13,16H,2-3,6-9,11H2,1H3,(H,21,26)(H,22,27);1H,(H,2,3)/t16-;/m1./s1. The van der Waals surface area contributed by atoms with Crippen LogP contribution in [0.5, 0.6) is 0 Å². The van der Waals surface area contributed by atoms with Crippen LogP contribution in [0, 0.1) is 11.8 Å². The zero-order chi connectivity index (χ0) is 21.3. The summed E-state index contributed by atoms with van der Waals surface area (Å²) < 4.78 is 1.72. The van der Waals surface area contributed by atoms with Crippen molar-refractivity contribution in [1.29, 1.82) is 0 Å². The lowest BCUT2D eigenvalue weighted by molar-refractivity contribution is -0.123. The minimum atomic E-state index is -0.250. The molecule has 3 saturated heterocycles. The van der Waals surface area contributed by atoms with E-state index in [9.17, 15) is 9.59 Å². The fourth-order valence-corrected chi connectivity index (χ4v) is 4.46. The monoisotopic (exact) mass is 413 g/mol. The molecule has 4 heterocycles. The van der Waals surface area contributed by atoms with Crippen molar-refractivity contribution in [2.75, 3.05) is 25.0 Å². The lowest BCUT2D eigenvalue weighted by Gasteiger charge is -2.44. The van der Waals surface area contributed by atoms with Gasteiger partial charge in [-0.25, -0.2) is 0 Å². The minimum absolute atomic E-state index is 0.0804. The van der Waals surface area contributed by atoms with Gasteiger partial charge in [0, 0.05) is 36.6 Å². The van der Waals surface area contributed by atoms with E-state index in [-0.39, 0.29) is 30.2 Å². The number of fused-ring (bicyclic) bond motifs is 4. The number of amides is 2. The van der Waals surface area contributed by atoms with Crippen molar-refractivity contribution in [2.45, 2.75) is 31.7 Å². The number of hydrogen-bond donors (Lipinski definition) is 3. The maximum Gasteiger partial charge on any atom is 0.290 e. The predicted molar refractivity (Wildman–Crippen MR) is 111 cm³/mol. The molecule has 2 amide bonds. The maximum absolute atomic E-state index is 12.9. The highest BCUT2D eigenvalue weighted by molar-refractivity contribution is 6.06. The number of nitrogens with one attached hydrogen (secondary N) is 2. The summed E-state index contributed by atoms with van der Waals surface area (Å²) in [6.07, 6.45) is 4.28. The Hall–Kier alpha value is -2.94. The van der Waals surface area contributed by atoms with Crippen molar-refractivity contribution in [2.24, 2.45) is 18.9 Å². The number of aryl methyl sites for hydroxylation is 1. The quantitative estimate of drug-likeness (QED) is 0.653. The number of carboxylic acid groups (broad SMARTS) is 1. The first-order valence-electron chi connectivity index (χ1n) is 10.4. The third-order valence-electron chi connectivity index (χ3n) is 6.25. The van der Waals surface area contributed by atoms with Crippen LogP contribution in [-0.4, -0.2) is 63.7 Å². The molecule has 9 nitrogen and oxygen atoms in total. The van der Waals surface area contributed by atoms with E-state index < -0.39 is 0 Å². The van der Waals surface area contributed by atoms with E-state index >= 15 is 0 Å². The second-order valence-electron chi connectivity index (χ2n) is 8.29. The average Bonchev–Trinajstić information content (AvgIpc) is 3.54. The zero-order valence-corrected chi connectivity index (χ0v) is 17.0. The fraction of sp³-hybridized carbons (Fsp3) is 0.524. The van der Waals surface area contributed by atoms with Crippen LogP contribution in [0.2, 0.25) is 0 Å². The summed E-state index contributed by atoms with van der Waals surface area (Å²) in [5.41, 5.74) is 2.07. The van der Waals surface area contributed by atoms with Gasteiger partial charge in [-0.1, -0.05) is 0 Å². The summed E-state index contributed by atoms with van der Waals surface area (Å²) in [6, 6.07) is 5.86. The molecule has 2 bridgehead atoms. The maximum atomic E-state index is 12.9. The van der Waals surface area contributed by atoms with Crippen molar-refractivity contribution in [3.05, 3.63) is 23.9 Å². The van der Waals surface area contributed by atoms with Crippen LogP contribution in [0.3, 0.4) is 0 Å². The Morgan fingerprint density at radius 1 is 1.20 bits per heavy atom. The van der Waals surface area contributed by atoms with Gasteiger partial charge in [0.05, 0.1) is 5.52 Å². The number of nitrogens with zero attached hydrogens (tertiary/aromatic N) is 3. The van der Waals surface area contributed by atoms with Crippen molar-refractivity contribution in [1.82, 2.24) is 20.0 Å². The van der Waals surface area contributed by atoms with E-state index in [2.05, 4.69) is 20.6 Å². The molecule has 0 spiro atoms. The molecule has 3 N–H and O–H groups in total. The second-order valence-corrected chi connectivity index (χ2v) is 8.29. The Morgan fingerprint density at radius 3 is 2.50 bits per heavy atom. The highest BCUT2D eigenvalue weighted by Crippen LogP contribution is 2.31. The van der Waals surface area contributed by atoms with Crippen LogP contribution >= 0.6 is 0 Å². The number of anilines is 1. The van der Waals surface area contributed by atoms with Crippen LogP contribution in [0.4, 0.5) is 5.69 Å². The molecular weight excluding hydrogens is 386 g/mol. The van der Waals surface area contributed by atoms with Gasteiger partial charge < -0.3 is 20.6 Å². The highest BCUT2D eigenvalue weighted by Gasteiger charge is 2.35. The highest BCUT2D eigenvalue weighted by atomic mass is 16.3. The van der Waals surface area contributed by atoms with Crippen LogP contribution in [-0.2, 0) is 16.6 Å². The Bertz CT molecular complexity index is 960. The number of piperidine rings is 3. The summed E-state index contributed by atoms with van der Waals surface area (Å²) in [4.78, 5) is 35.7. The summed E-state index contributed by atoms with van der Waals surface area (Å²) in [7, 11) is 1.83. The van der Waals surface area contributed by atoms with E-state index in [4.69, 9.17) is 9.90 Å². The first kappa shape index (κ1) is 20.3. The molecule has 160 valence electrons. The van der Waals surface area contributed by atoms with Crippen molar-refractivity contribution in [3.63, 3.8) is 0 Å². The molecular formula is C21H27N5O4. The lowest BCUT2D eigenvalue weighted by atomic mass is 9.84. The first-order valence-corrected chi connectivity index (χ1v) is 10.4. The van der Waals surface area contributed by atoms with Crippen LogP contribution in [0.1, 0.15) is 36.2 Å². The molecule has 4 fully saturated rings. The number of carbonyl (C=O) groups excluding carboxylic acids is 2. The van der Waals surface area contributed by atoms with Crippen molar-refractivity contribution < 1.29 is 19.5 Å². The van der Waals surface area contributed by atoms with E-state index in [1.807, 2.05) is 25.2 Å². The number of benzene rings is 1. The summed E-state index contributed by atoms with van der Waals surface area (Å²) in [5.74, 6) is 0.722. The van der Waals surface area contributed by atoms with Crippen LogP contribution in [0.25, 0.3) is 10.9 Å². The van der Waals surface area contributed by atoms with Crippen LogP contribution in [0.15, 0.2) is 18.2 Å². The number of carbonyl (C=O) groups is 3. The van der Waals surface area contributed by atoms with Gasteiger partial charge in [-0.15, -0.1) is 0 Å². The largest absolute Gasteiger partial charge is 0.483 e. The molecule has 0 radical (unpaired) electrons. The topological polar surface area (TPSA) is 117 Å². The van der Waals surface area contributed by atoms with Gasteiger partial charge in [0.2, 0.25) is 5.91 Å². The Labute approximate surface area is 174 Å². The molecule has 1 aromatic heterocycles. The number of aromatic nitrogens is 2. The number of hydrogen-bond acceptors (Lipinski definition) is 5. The van der Waals surface area contributed by atoms with Crippen LogP contribution < -0.4 is 10.6 Å². The fourth-order valence-electron chi connectivity index (χ4n) is 4.46. The summed E-state index contributed by atoms with van der Waals surface area (Å²) >= 11 is 0. The Morgan fingerprint density at radius 2 is 1.90 bits per heavy atom. The third kappa shape index (κ3) is 4.16. The van der Waals surface area contributed by atoms with E-state index in [1.165, 1.54) is 0 Å². The molecule has 1 aromatic carbocycles. The molecule has 1 saturated carbocycles. The molecule has 1 atom stereocenters. The average molecular weight is 413 g/mol. The van der Waals surface area contributed by atoms with Gasteiger partial charge in [-0.3, -0.25) is 19.1 Å². The van der Waals surface area contributed by atoms with Gasteiger partial charge in [0.1, 0.15) is 0 Å². The van der Waals surface area contributed by atoms with Gasteiger partial charge in [0.25, 0.3) is 12.4 Å². The molecule has 3 aliphatic heterocycles. The predicted octanol–water partition coefficient (Wildman–Crippen LogP) is 1.45. The molecule has 9 heteroatoms. The molecule has 0 unspecified atom stereocenters. The SMILES string of the molecule is Cn1nc(C(=O)N[C@@H]2CN3CCC2CC3)c2ccc(NC(=O)C3CC3)cc21.O=CO. The van der Waals surface area contributed by atoms with Gasteiger partial charge in [0.15, 0.2) is 5.69 Å². The molecule has 30 heavy (non-hydrogen) atoms. The summed E-state index contributed by atoms with van der Waals surface area (Å²) in [6.45, 7) is 3.00. The lowest BCUT2D eigenvalue weighted by Crippen LogP contribution is -2.57. The molecule has 1 aliphatic carbocycles. The second kappa shape index (κ2) is 8.43.